The van der Waals surface area contributed by atoms with Gasteiger partial charge in [0.15, 0.2) is 0 Å². The number of nitrogens with two attached hydrogens (primary N) is 1. The third-order valence-corrected chi connectivity index (χ3v) is 10.7. The molecule has 0 amide bonds. The quantitative estimate of drug-likeness (QED) is 0.175. The smallest absolute Gasteiger partial charge is 0.351 e. The maximum atomic E-state index is 14.3. The predicted molar refractivity (Wildman–Crippen MR) is 161 cm³/mol. The molecule has 0 spiro atoms. The molecule has 0 bridgehead atoms. The predicted octanol–water partition coefficient (Wildman–Crippen LogP) is 3.56. The van der Waals surface area contributed by atoms with Crippen molar-refractivity contribution in [1.82, 2.24) is 19.7 Å². The molecule has 2 saturated carbocycles. The zero-order valence-electron chi connectivity index (χ0n) is 25.7. The Balaban J connectivity index is 1.45. The van der Waals surface area contributed by atoms with Crippen LogP contribution in [-0.4, -0.2) is 69.8 Å². The zero-order valence-corrected chi connectivity index (χ0v) is 26.6. The largest absolute Gasteiger partial charge is 0.461 e. The van der Waals surface area contributed by atoms with E-state index < -0.39 is 43.3 Å². The SMILES string of the molecule is CC[C@]1(COP(=O)(N[C@@H](C)C(=O)OC2CCCCC2)N[C@@H](C)COC2CCCCC2)O[C@@H](n2ccc(N)nc2=O)C[C@@H]1O. The normalized spacial score (nSPS) is 28.3. The second-order valence-electron chi connectivity index (χ2n) is 12.3. The van der Waals surface area contributed by atoms with E-state index in [2.05, 4.69) is 15.2 Å². The highest BCUT2D eigenvalue weighted by Crippen LogP contribution is 2.45. The number of carbonyl (C=O) groups is 1. The second kappa shape index (κ2) is 15.4. The molecule has 1 aromatic heterocycles. The molecular formula is C29H50N5O8P. The number of anilines is 1. The van der Waals surface area contributed by atoms with Crippen LogP contribution in [0.3, 0.4) is 0 Å². The first-order chi connectivity index (χ1) is 20.5. The molecule has 2 aliphatic carbocycles. The van der Waals surface area contributed by atoms with Crippen molar-refractivity contribution < 1.29 is 33.2 Å². The van der Waals surface area contributed by atoms with Gasteiger partial charge >= 0.3 is 19.3 Å². The molecule has 2 heterocycles. The van der Waals surface area contributed by atoms with E-state index in [4.69, 9.17) is 24.5 Å². The van der Waals surface area contributed by atoms with Crippen LogP contribution in [0.4, 0.5) is 5.82 Å². The number of rotatable bonds is 14. The van der Waals surface area contributed by atoms with Gasteiger partial charge in [0, 0.05) is 18.7 Å². The van der Waals surface area contributed by atoms with Crippen molar-refractivity contribution in [3.63, 3.8) is 0 Å². The average Bonchev–Trinajstić information content (AvgIpc) is 3.32. The van der Waals surface area contributed by atoms with Gasteiger partial charge in [0.05, 0.1) is 25.4 Å². The first-order valence-corrected chi connectivity index (χ1v) is 17.5. The van der Waals surface area contributed by atoms with E-state index in [0.717, 1.165) is 57.8 Å². The molecule has 3 aliphatic rings. The third-order valence-electron chi connectivity index (χ3n) is 8.73. The van der Waals surface area contributed by atoms with Crippen molar-refractivity contribution in [3.8, 4) is 0 Å². The van der Waals surface area contributed by atoms with Crippen LogP contribution in [0.2, 0.25) is 0 Å². The Morgan fingerprint density at radius 1 is 1.16 bits per heavy atom. The highest BCUT2D eigenvalue weighted by Gasteiger charge is 2.49. The molecule has 14 heteroatoms. The number of aliphatic hydroxyl groups excluding tert-OH is 1. The molecular weight excluding hydrogens is 577 g/mol. The number of hydrogen-bond acceptors (Lipinski definition) is 10. The number of aliphatic hydroxyl groups is 1. The summed E-state index contributed by atoms with van der Waals surface area (Å²) in [6.45, 7) is 5.30. The Bertz CT molecular complexity index is 1160. The number of nitrogen functional groups attached to an aromatic ring is 1. The number of nitrogens with one attached hydrogen (secondary N) is 2. The minimum atomic E-state index is -3.92. The Morgan fingerprint density at radius 3 is 2.44 bits per heavy atom. The molecule has 4 rings (SSSR count). The highest BCUT2D eigenvalue weighted by molar-refractivity contribution is 7.54. The number of ether oxygens (including phenoxy) is 3. The molecule has 0 radical (unpaired) electrons. The van der Waals surface area contributed by atoms with Crippen LogP contribution < -0.4 is 21.6 Å². The van der Waals surface area contributed by atoms with E-state index in [0.29, 0.717) is 13.0 Å². The fraction of sp³-hybridized carbons (Fsp3) is 0.828. The summed E-state index contributed by atoms with van der Waals surface area (Å²) in [5, 5.41) is 17.0. The Hall–Kier alpha value is -1.86. The lowest BCUT2D eigenvalue weighted by atomic mass is 9.95. The van der Waals surface area contributed by atoms with Crippen LogP contribution in [0.5, 0.6) is 0 Å². The van der Waals surface area contributed by atoms with Gasteiger partial charge in [-0.25, -0.2) is 15.0 Å². The van der Waals surface area contributed by atoms with E-state index >= 15 is 0 Å². The number of carbonyl (C=O) groups excluding carboxylic acids is 1. The molecule has 6 atom stereocenters. The van der Waals surface area contributed by atoms with Gasteiger partial charge in [0.2, 0.25) is 0 Å². The van der Waals surface area contributed by atoms with Crippen LogP contribution in [0.1, 0.15) is 104 Å². The van der Waals surface area contributed by atoms with Gasteiger partial charge < -0.3 is 29.6 Å². The number of esters is 1. The molecule has 0 aromatic carbocycles. The van der Waals surface area contributed by atoms with Gasteiger partial charge in [-0.2, -0.15) is 4.98 Å². The van der Waals surface area contributed by atoms with Crippen molar-refractivity contribution in [2.75, 3.05) is 18.9 Å². The second-order valence-corrected chi connectivity index (χ2v) is 14.2. The maximum absolute atomic E-state index is 14.3. The van der Waals surface area contributed by atoms with Gasteiger partial charge in [0.1, 0.15) is 29.8 Å². The van der Waals surface area contributed by atoms with Crippen molar-refractivity contribution >= 4 is 19.5 Å². The Labute approximate surface area is 254 Å². The summed E-state index contributed by atoms with van der Waals surface area (Å²) in [5.74, 6) is -0.415. The summed E-state index contributed by atoms with van der Waals surface area (Å²) in [4.78, 5) is 29.2. The van der Waals surface area contributed by atoms with E-state index in [1.807, 2.05) is 13.8 Å². The van der Waals surface area contributed by atoms with Crippen molar-refractivity contribution in [3.05, 3.63) is 22.7 Å². The average molecular weight is 628 g/mol. The van der Waals surface area contributed by atoms with Gasteiger partial charge in [-0.05, 0) is 64.9 Å². The fourth-order valence-corrected chi connectivity index (χ4v) is 7.97. The Kier molecular flexibility index (Phi) is 12.2. The highest BCUT2D eigenvalue weighted by atomic mass is 31.2. The van der Waals surface area contributed by atoms with Crippen molar-refractivity contribution in [2.45, 2.75) is 140 Å². The Morgan fingerprint density at radius 2 is 1.81 bits per heavy atom. The molecule has 3 fully saturated rings. The van der Waals surface area contributed by atoms with Crippen LogP contribution in [0, 0.1) is 0 Å². The zero-order chi connectivity index (χ0) is 31.0. The number of aromatic nitrogens is 2. The molecule has 43 heavy (non-hydrogen) atoms. The van der Waals surface area contributed by atoms with Crippen LogP contribution in [0.15, 0.2) is 17.1 Å². The van der Waals surface area contributed by atoms with Crippen molar-refractivity contribution in [1.29, 1.82) is 0 Å². The summed E-state index contributed by atoms with van der Waals surface area (Å²) < 4.78 is 39.6. The molecule has 1 aromatic rings. The van der Waals surface area contributed by atoms with Crippen LogP contribution >= 0.6 is 7.67 Å². The van der Waals surface area contributed by atoms with Crippen LogP contribution in [-0.2, 0) is 28.1 Å². The lowest BCUT2D eigenvalue weighted by molar-refractivity contribution is -0.152. The number of nitrogens with zero attached hydrogens (tertiary/aromatic N) is 2. The molecule has 13 nitrogen and oxygen atoms in total. The van der Waals surface area contributed by atoms with E-state index in [1.165, 1.54) is 23.3 Å². The van der Waals surface area contributed by atoms with Crippen LogP contribution in [0.25, 0.3) is 0 Å². The van der Waals surface area contributed by atoms with Gasteiger partial charge in [-0.1, -0.05) is 32.6 Å². The lowest BCUT2D eigenvalue weighted by Crippen LogP contribution is -2.46. The van der Waals surface area contributed by atoms with Gasteiger partial charge in [-0.3, -0.25) is 13.9 Å². The fourth-order valence-electron chi connectivity index (χ4n) is 6.08. The van der Waals surface area contributed by atoms with Gasteiger partial charge in [0.25, 0.3) is 0 Å². The van der Waals surface area contributed by atoms with E-state index in [9.17, 15) is 19.3 Å². The monoisotopic (exact) mass is 627 g/mol. The topological polar surface area (TPSA) is 176 Å². The molecule has 244 valence electrons. The summed E-state index contributed by atoms with van der Waals surface area (Å²) in [6, 6.07) is 0.179. The standard InChI is InChI=1S/C29H50N5O8P/c1-4-29(24(35)17-26(42-29)34-16-15-25(30)31-28(34)37)19-40-43(38,32-20(2)18-39-22-11-7-5-8-12-22)33-21(3)27(36)41-23-13-9-6-10-14-23/h15-16,20-24,26,35H,4-14,17-19H2,1-3H3,(H2,30,31,37)(H2,32,33,38)/t20-,21-,24-,26+,29+,43?/m0/s1. The summed E-state index contributed by atoms with van der Waals surface area (Å²) >= 11 is 0. The number of hydrogen-bond donors (Lipinski definition) is 4. The first-order valence-electron chi connectivity index (χ1n) is 15.9. The van der Waals surface area contributed by atoms with E-state index in [1.54, 1.807) is 6.92 Å². The first kappa shape index (κ1) is 34.0. The molecule has 1 saturated heterocycles. The third kappa shape index (κ3) is 9.32. The minimum absolute atomic E-state index is 0.0840. The summed E-state index contributed by atoms with van der Waals surface area (Å²) in [5.41, 5.74) is 3.76. The van der Waals surface area contributed by atoms with Crippen molar-refractivity contribution in [2.24, 2.45) is 0 Å². The van der Waals surface area contributed by atoms with Gasteiger partial charge in [-0.15, -0.1) is 0 Å². The maximum Gasteiger partial charge on any atom is 0.351 e. The molecule has 1 aliphatic heterocycles. The minimum Gasteiger partial charge on any atom is -0.461 e. The van der Waals surface area contributed by atoms with E-state index in [-0.39, 0.29) is 37.1 Å². The lowest BCUT2D eigenvalue weighted by Gasteiger charge is -2.34. The summed E-state index contributed by atoms with van der Waals surface area (Å²) in [6.07, 6.45) is 10.4. The molecule has 1 unspecified atom stereocenters. The molecule has 5 N–H and O–H groups in total. The summed E-state index contributed by atoms with van der Waals surface area (Å²) in [7, 11) is -3.92.